The van der Waals surface area contributed by atoms with Crippen molar-refractivity contribution < 1.29 is 0 Å². The van der Waals surface area contributed by atoms with Crippen molar-refractivity contribution in [2.24, 2.45) is 17.3 Å². The van der Waals surface area contributed by atoms with E-state index >= 15 is 0 Å². The minimum Gasteiger partial charge on any atom is -0.314 e. The zero-order valence-electron chi connectivity index (χ0n) is 14.4. The lowest BCUT2D eigenvalue weighted by molar-refractivity contribution is -0.0100. The van der Waals surface area contributed by atoms with Gasteiger partial charge in [-0.15, -0.1) is 0 Å². The minimum absolute atomic E-state index is 0.645. The van der Waals surface area contributed by atoms with E-state index in [1.807, 2.05) is 0 Å². The molecule has 2 aliphatic carbocycles. The summed E-state index contributed by atoms with van der Waals surface area (Å²) in [5, 5.41) is 3.61. The van der Waals surface area contributed by atoms with Gasteiger partial charge in [0.05, 0.1) is 0 Å². The second kappa shape index (κ2) is 6.79. The number of hydrogen-bond acceptors (Lipinski definition) is 2. The van der Waals surface area contributed by atoms with E-state index in [0.717, 1.165) is 23.3 Å². The maximum Gasteiger partial charge on any atom is 0.00927 e. The van der Waals surface area contributed by atoms with Gasteiger partial charge in [0.2, 0.25) is 0 Å². The lowest BCUT2D eigenvalue weighted by atomic mass is 9.55. The third-order valence-electron chi connectivity index (χ3n) is 5.55. The van der Waals surface area contributed by atoms with E-state index < -0.39 is 0 Å². The van der Waals surface area contributed by atoms with Crippen LogP contribution in [0.25, 0.3) is 0 Å². The number of hydrogen-bond donors (Lipinski definition) is 1. The third kappa shape index (κ3) is 4.21. The van der Waals surface area contributed by atoms with Crippen LogP contribution in [0.5, 0.6) is 0 Å². The summed E-state index contributed by atoms with van der Waals surface area (Å²) in [5.41, 5.74) is 0.749. The number of rotatable bonds is 6. The van der Waals surface area contributed by atoms with Gasteiger partial charge in [0.1, 0.15) is 0 Å². The second-order valence-electron chi connectivity index (χ2n) is 8.40. The van der Waals surface area contributed by atoms with Crippen molar-refractivity contribution in [3.63, 3.8) is 0 Å². The first kappa shape index (κ1) is 16.3. The van der Waals surface area contributed by atoms with E-state index in [9.17, 15) is 0 Å². The molecule has 0 saturated heterocycles. The predicted octanol–water partition coefficient (Wildman–Crippen LogP) is 3.91. The summed E-state index contributed by atoms with van der Waals surface area (Å²) in [6.07, 6.45) is 8.83. The van der Waals surface area contributed by atoms with Gasteiger partial charge in [0, 0.05) is 18.6 Å². The molecule has 1 N–H and O–H groups in total. The van der Waals surface area contributed by atoms with E-state index in [1.54, 1.807) is 0 Å². The van der Waals surface area contributed by atoms with Crippen LogP contribution in [0.4, 0.5) is 0 Å². The Balaban J connectivity index is 1.68. The van der Waals surface area contributed by atoms with Crippen molar-refractivity contribution in [3.05, 3.63) is 0 Å². The molecule has 2 nitrogen and oxygen atoms in total. The van der Waals surface area contributed by atoms with E-state index in [4.69, 9.17) is 0 Å². The first-order valence-electron chi connectivity index (χ1n) is 8.84. The SMILES string of the molecule is CC(C)CN(C)C1CCC2(CC1)CC(CNC(C)C)C2. The normalized spacial score (nSPS) is 34.2. The number of nitrogens with zero attached hydrogens (tertiary/aromatic N) is 1. The van der Waals surface area contributed by atoms with Crippen LogP contribution in [-0.4, -0.2) is 37.1 Å². The van der Waals surface area contributed by atoms with Crippen molar-refractivity contribution in [2.75, 3.05) is 20.1 Å². The summed E-state index contributed by atoms with van der Waals surface area (Å²) in [4.78, 5) is 2.62. The Labute approximate surface area is 126 Å². The molecule has 0 bridgehead atoms. The minimum atomic E-state index is 0.645. The Morgan fingerprint density at radius 2 is 1.70 bits per heavy atom. The first-order chi connectivity index (χ1) is 9.40. The summed E-state index contributed by atoms with van der Waals surface area (Å²) in [6.45, 7) is 11.7. The summed E-state index contributed by atoms with van der Waals surface area (Å²) >= 11 is 0. The smallest absolute Gasteiger partial charge is 0.00927 e. The number of nitrogens with one attached hydrogen (secondary N) is 1. The molecule has 2 fully saturated rings. The molecular formula is C18H36N2. The third-order valence-corrected chi connectivity index (χ3v) is 5.55. The lowest BCUT2D eigenvalue weighted by Crippen LogP contribution is -2.48. The van der Waals surface area contributed by atoms with E-state index in [2.05, 4.69) is 45.0 Å². The van der Waals surface area contributed by atoms with Crippen molar-refractivity contribution in [1.82, 2.24) is 10.2 Å². The highest BCUT2D eigenvalue weighted by Crippen LogP contribution is 2.54. The molecule has 1 spiro atoms. The van der Waals surface area contributed by atoms with Gasteiger partial charge in [-0.3, -0.25) is 0 Å². The average Bonchev–Trinajstić information content (AvgIpc) is 2.33. The molecule has 0 aromatic rings. The van der Waals surface area contributed by atoms with Crippen LogP contribution in [0.15, 0.2) is 0 Å². The monoisotopic (exact) mass is 280 g/mol. The van der Waals surface area contributed by atoms with Crippen molar-refractivity contribution in [1.29, 1.82) is 0 Å². The average molecular weight is 280 g/mol. The van der Waals surface area contributed by atoms with Gasteiger partial charge in [-0.05, 0) is 69.4 Å². The molecule has 0 unspecified atom stereocenters. The van der Waals surface area contributed by atoms with Crippen LogP contribution < -0.4 is 5.32 Å². The van der Waals surface area contributed by atoms with Gasteiger partial charge in [0.25, 0.3) is 0 Å². The Bertz CT molecular complexity index is 282. The van der Waals surface area contributed by atoms with Crippen LogP contribution in [0.1, 0.15) is 66.2 Å². The van der Waals surface area contributed by atoms with Crippen LogP contribution in [0.2, 0.25) is 0 Å². The molecule has 0 amide bonds. The van der Waals surface area contributed by atoms with E-state index in [-0.39, 0.29) is 0 Å². The molecule has 0 heterocycles. The van der Waals surface area contributed by atoms with Crippen LogP contribution in [0, 0.1) is 17.3 Å². The second-order valence-corrected chi connectivity index (χ2v) is 8.40. The van der Waals surface area contributed by atoms with Gasteiger partial charge in [-0.2, -0.15) is 0 Å². The summed E-state index contributed by atoms with van der Waals surface area (Å²) in [6, 6.07) is 1.50. The molecule has 0 radical (unpaired) electrons. The molecule has 0 aliphatic heterocycles. The Morgan fingerprint density at radius 1 is 1.10 bits per heavy atom. The first-order valence-corrected chi connectivity index (χ1v) is 8.84. The van der Waals surface area contributed by atoms with Gasteiger partial charge in [-0.25, -0.2) is 0 Å². The Morgan fingerprint density at radius 3 is 2.20 bits per heavy atom. The molecule has 2 aliphatic rings. The summed E-state index contributed by atoms with van der Waals surface area (Å²) in [5.74, 6) is 1.76. The fourth-order valence-electron chi connectivity index (χ4n) is 4.50. The molecule has 0 atom stereocenters. The highest BCUT2D eigenvalue weighted by molar-refractivity contribution is 4.98. The standard InChI is InChI=1S/C18H36N2/c1-14(2)13-20(5)17-6-8-18(9-7-17)10-16(11-18)12-19-15(3)4/h14-17,19H,6-13H2,1-5H3. The molecule has 2 rings (SSSR count). The fourth-order valence-corrected chi connectivity index (χ4v) is 4.50. The van der Waals surface area contributed by atoms with Crippen LogP contribution in [0.3, 0.4) is 0 Å². The van der Waals surface area contributed by atoms with E-state index in [1.165, 1.54) is 51.6 Å². The summed E-state index contributed by atoms with van der Waals surface area (Å²) in [7, 11) is 2.33. The largest absolute Gasteiger partial charge is 0.314 e. The summed E-state index contributed by atoms with van der Waals surface area (Å²) < 4.78 is 0. The van der Waals surface area contributed by atoms with Crippen molar-refractivity contribution in [2.45, 2.75) is 78.3 Å². The zero-order chi connectivity index (χ0) is 14.8. The maximum atomic E-state index is 3.61. The molecule has 0 aromatic carbocycles. The molecule has 2 saturated carbocycles. The van der Waals surface area contributed by atoms with Gasteiger partial charge >= 0.3 is 0 Å². The molecule has 20 heavy (non-hydrogen) atoms. The quantitative estimate of drug-likeness (QED) is 0.793. The van der Waals surface area contributed by atoms with Gasteiger partial charge < -0.3 is 10.2 Å². The van der Waals surface area contributed by atoms with Gasteiger partial charge in [0.15, 0.2) is 0 Å². The van der Waals surface area contributed by atoms with Crippen LogP contribution >= 0.6 is 0 Å². The highest BCUT2D eigenvalue weighted by atomic mass is 15.1. The highest BCUT2D eigenvalue weighted by Gasteiger charge is 2.45. The predicted molar refractivity (Wildman–Crippen MR) is 88.0 cm³/mol. The molecular weight excluding hydrogens is 244 g/mol. The lowest BCUT2D eigenvalue weighted by Gasteiger charge is -2.53. The molecule has 0 aromatic heterocycles. The van der Waals surface area contributed by atoms with Crippen molar-refractivity contribution >= 4 is 0 Å². The zero-order valence-corrected chi connectivity index (χ0v) is 14.4. The molecule has 2 heteroatoms. The van der Waals surface area contributed by atoms with Crippen LogP contribution in [-0.2, 0) is 0 Å². The Kier molecular flexibility index (Phi) is 5.53. The molecule has 118 valence electrons. The van der Waals surface area contributed by atoms with Crippen molar-refractivity contribution in [3.8, 4) is 0 Å². The van der Waals surface area contributed by atoms with Gasteiger partial charge in [-0.1, -0.05) is 27.7 Å². The topological polar surface area (TPSA) is 15.3 Å². The fraction of sp³-hybridized carbons (Fsp3) is 1.00. The van der Waals surface area contributed by atoms with E-state index in [0.29, 0.717) is 6.04 Å². The maximum absolute atomic E-state index is 3.61. The Hall–Kier alpha value is -0.0800.